The lowest BCUT2D eigenvalue weighted by Crippen LogP contribution is -2.72. The van der Waals surface area contributed by atoms with Crippen molar-refractivity contribution in [1.82, 2.24) is 0 Å². The van der Waals surface area contributed by atoms with Gasteiger partial charge in [0.2, 0.25) is 0 Å². The number of carboxylic acids is 1. The highest BCUT2D eigenvalue weighted by Gasteiger charge is 2.73. The van der Waals surface area contributed by atoms with Crippen LogP contribution in [0.15, 0.2) is 11.6 Å². The van der Waals surface area contributed by atoms with Crippen LogP contribution in [0.4, 0.5) is 0 Å². The Kier molecular flexibility index (Phi) is 15.2. The summed E-state index contributed by atoms with van der Waals surface area (Å²) in [5, 5.41) is 120. The Balaban J connectivity index is 1.11. The summed E-state index contributed by atoms with van der Waals surface area (Å²) < 4.78 is 48.5. The Hall–Kier alpha value is -2.00. The van der Waals surface area contributed by atoms with Crippen molar-refractivity contribution in [3.05, 3.63) is 11.6 Å². The van der Waals surface area contributed by atoms with E-state index in [1.54, 1.807) is 7.11 Å². The van der Waals surface area contributed by atoms with E-state index in [2.05, 4.69) is 54.5 Å². The molecule has 406 valence electrons. The van der Waals surface area contributed by atoms with Gasteiger partial charge >= 0.3 is 11.9 Å². The standard InChI is InChI=1S/C50H80O21/c1-21(54)65-40-39(64-9)45(2,3)16-23-22-10-11-27-47(6)14-13-29(46(4,5)26(47)12-15-48(27,7)49(22,8)17-28(55)50(23,40)20-53)68-44-38(71-43-34(60)32(58)30(56)24(18-51)66-43)36(35(61)37(70-44)41(62)63)69-42-33(59)31(57)25(19-52)67-42/h10,23-40,42-44,51-53,55-61H,11-20H2,1-9H3,(H,62,63)/t23?,24?,25?,26?,27?,28?,29-,30?,31?,32?,33?,34?,35?,36+,37?,38?,39?,40?,42+,43?,44?,47?,48?,49?,50?/m1/s1. The number of aliphatic hydroxyl groups excluding tert-OH is 10. The number of rotatable bonds is 12. The maximum atomic E-state index is 12.8. The van der Waals surface area contributed by atoms with Crippen LogP contribution in [-0.4, -0.2) is 205 Å². The number of methoxy groups -OCH3 is 1. The Bertz CT molecular complexity index is 1980. The van der Waals surface area contributed by atoms with Crippen LogP contribution in [0.25, 0.3) is 0 Å². The third-order valence-corrected chi connectivity index (χ3v) is 19.8. The molecule has 0 radical (unpaired) electrons. The van der Waals surface area contributed by atoms with Crippen molar-refractivity contribution in [2.45, 2.75) is 211 Å². The lowest BCUT2D eigenvalue weighted by atomic mass is 9.33. The van der Waals surface area contributed by atoms with Gasteiger partial charge in [0.25, 0.3) is 0 Å². The molecule has 21 nitrogen and oxygen atoms in total. The highest BCUT2D eigenvalue weighted by molar-refractivity contribution is 5.73. The number of fused-ring (bicyclic) bond motifs is 7. The van der Waals surface area contributed by atoms with Crippen LogP contribution in [0.3, 0.4) is 0 Å². The number of esters is 1. The number of aliphatic hydroxyl groups is 10. The second-order valence-electron chi connectivity index (χ2n) is 24.1. The second kappa shape index (κ2) is 19.5. The van der Waals surface area contributed by atoms with Crippen molar-refractivity contribution in [2.24, 2.45) is 50.2 Å². The second-order valence-corrected chi connectivity index (χ2v) is 24.1. The quantitative estimate of drug-likeness (QED) is 0.0666. The maximum Gasteiger partial charge on any atom is 0.335 e. The molecule has 25 atom stereocenters. The summed E-state index contributed by atoms with van der Waals surface area (Å²) in [6, 6.07) is 0. The van der Waals surface area contributed by atoms with E-state index >= 15 is 0 Å². The van der Waals surface area contributed by atoms with Gasteiger partial charge < -0.3 is 94.1 Å². The third-order valence-electron chi connectivity index (χ3n) is 19.8. The van der Waals surface area contributed by atoms with Crippen molar-refractivity contribution in [3.8, 4) is 0 Å². The van der Waals surface area contributed by atoms with E-state index < -0.39 is 164 Å². The molecule has 5 aliphatic carbocycles. The summed E-state index contributed by atoms with van der Waals surface area (Å²) in [6.45, 7) is 14.6. The number of allylic oxidation sites excluding steroid dienone is 2. The van der Waals surface area contributed by atoms with E-state index in [-0.39, 0.29) is 28.6 Å². The zero-order chi connectivity index (χ0) is 52.3. The Morgan fingerprint density at radius 1 is 0.690 bits per heavy atom. The largest absolute Gasteiger partial charge is 0.479 e. The van der Waals surface area contributed by atoms with Gasteiger partial charge in [0.15, 0.2) is 25.0 Å². The molecule has 0 aromatic rings. The molecule has 0 aromatic carbocycles. The fourth-order valence-electron chi connectivity index (χ4n) is 15.9. The molecule has 22 unspecified atom stereocenters. The van der Waals surface area contributed by atoms with E-state index in [1.807, 2.05) is 0 Å². The van der Waals surface area contributed by atoms with Gasteiger partial charge in [-0.25, -0.2) is 4.79 Å². The number of aliphatic carboxylic acids is 1. The van der Waals surface area contributed by atoms with E-state index in [1.165, 1.54) is 6.92 Å². The van der Waals surface area contributed by atoms with E-state index in [0.717, 1.165) is 18.4 Å². The van der Waals surface area contributed by atoms with Crippen LogP contribution >= 0.6 is 0 Å². The molecule has 0 aromatic heterocycles. The molecule has 7 fully saturated rings. The normalized spacial score (nSPS) is 52.3. The molecule has 0 spiro atoms. The summed E-state index contributed by atoms with van der Waals surface area (Å²) in [5.74, 6) is -2.38. The average molecular weight is 1020 g/mol. The summed E-state index contributed by atoms with van der Waals surface area (Å²) in [7, 11) is 1.57. The number of carbonyl (C=O) groups is 2. The molecule has 3 saturated heterocycles. The lowest BCUT2D eigenvalue weighted by molar-refractivity contribution is -0.386. The first-order valence-electron chi connectivity index (χ1n) is 25.3. The minimum absolute atomic E-state index is 0.0138. The highest BCUT2D eigenvalue weighted by atomic mass is 16.8. The Morgan fingerprint density at radius 3 is 1.85 bits per heavy atom. The molecule has 8 rings (SSSR count). The zero-order valence-electron chi connectivity index (χ0n) is 42.3. The Labute approximate surface area is 414 Å². The van der Waals surface area contributed by atoms with Gasteiger partial charge in [0.05, 0.1) is 43.5 Å². The van der Waals surface area contributed by atoms with Gasteiger partial charge in [-0.3, -0.25) is 4.79 Å². The van der Waals surface area contributed by atoms with E-state index in [0.29, 0.717) is 32.1 Å². The lowest BCUT2D eigenvalue weighted by Gasteiger charge is -2.72. The first kappa shape index (κ1) is 55.2. The first-order chi connectivity index (χ1) is 33.1. The summed E-state index contributed by atoms with van der Waals surface area (Å²) in [4.78, 5) is 25.5. The van der Waals surface area contributed by atoms with Crippen LogP contribution < -0.4 is 0 Å². The highest BCUT2D eigenvalue weighted by Crippen LogP contribution is 2.76. The minimum Gasteiger partial charge on any atom is -0.479 e. The molecule has 4 saturated carbocycles. The van der Waals surface area contributed by atoms with Crippen molar-refractivity contribution >= 4 is 11.9 Å². The predicted octanol–water partition coefficient (Wildman–Crippen LogP) is -0.517. The summed E-state index contributed by atoms with van der Waals surface area (Å²) in [6.07, 6.45) is -21.5. The molecule has 21 heteroatoms. The van der Waals surface area contributed by atoms with Gasteiger partial charge in [-0.15, -0.1) is 0 Å². The van der Waals surface area contributed by atoms with Gasteiger partial charge in [0, 0.05) is 14.0 Å². The smallest absolute Gasteiger partial charge is 0.335 e. The molecular formula is C50H80O21. The number of hydrogen-bond acceptors (Lipinski definition) is 20. The fraction of sp³-hybridized carbons (Fsp3) is 0.920. The van der Waals surface area contributed by atoms with Gasteiger partial charge in [0.1, 0.15) is 67.1 Å². The summed E-state index contributed by atoms with van der Waals surface area (Å²) >= 11 is 0. The zero-order valence-corrected chi connectivity index (χ0v) is 42.3. The number of carbonyl (C=O) groups excluding carboxylic acids is 1. The molecular weight excluding hydrogens is 937 g/mol. The van der Waals surface area contributed by atoms with E-state index in [4.69, 9.17) is 37.9 Å². The van der Waals surface area contributed by atoms with E-state index in [9.17, 15) is 65.8 Å². The van der Waals surface area contributed by atoms with Crippen molar-refractivity contribution in [3.63, 3.8) is 0 Å². The van der Waals surface area contributed by atoms with Crippen LogP contribution in [0, 0.1) is 50.2 Å². The van der Waals surface area contributed by atoms with Crippen LogP contribution in [0.5, 0.6) is 0 Å². The first-order valence-corrected chi connectivity index (χ1v) is 25.3. The van der Waals surface area contributed by atoms with Gasteiger partial charge in [-0.1, -0.05) is 60.1 Å². The van der Waals surface area contributed by atoms with Gasteiger partial charge in [-0.2, -0.15) is 0 Å². The van der Waals surface area contributed by atoms with Crippen LogP contribution in [-0.2, 0) is 47.5 Å². The molecule has 3 aliphatic heterocycles. The molecule has 0 amide bonds. The SMILES string of the molecule is COC1C(OC(C)=O)C2(CO)C(O)CC3(C)C(=CCC4C5(C)CC[C@@H](OC6OC(C(=O)O)C(O)[C@H](O[C@@H]7OC(CO)C(O)C7O)C6OC6OC(CO)C(O)C(O)C6O)C(C)(C)C5CCC43C)C2CC1(C)C. The number of hydrogen-bond donors (Lipinski definition) is 11. The fourth-order valence-corrected chi connectivity index (χ4v) is 15.9. The molecule has 11 N–H and O–H groups in total. The third kappa shape index (κ3) is 8.47. The predicted molar refractivity (Wildman–Crippen MR) is 243 cm³/mol. The minimum atomic E-state index is -2.08. The molecule has 71 heavy (non-hydrogen) atoms. The molecule has 8 aliphatic rings. The monoisotopic (exact) mass is 1020 g/mol. The molecule has 0 bridgehead atoms. The number of ether oxygens (including phenoxy) is 8. The van der Waals surface area contributed by atoms with Crippen molar-refractivity contribution in [1.29, 1.82) is 0 Å². The number of carboxylic acid groups (broad SMARTS) is 1. The van der Waals surface area contributed by atoms with Crippen LogP contribution in [0.1, 0.15) is 100 Å². The average Bonchev–Trinajstić information content (AvgIpc) is 3.56. The Morgan fingerprint density at radius 2 is 1.28 bits per heavy atom. The maximum absolute atomic E-state index is 12.8. The van der Waals surface area contributed by atoms with Crippen molar-refractivity contribution in [2.75, 3.05) is 26.9 Å². The topological polar surface area (TPSA) is 331 Å². The van der Waals surface area contributed by atoms with Crippen LogP contribution in [0.2, 0.25) is 0 Å². The molecule has 3 heterocycles. The van der Waals surface area contributed by atoms with Crippen molar-refractivity contribution < 1.29 is 104 Å². The summed E-state index contributed by atoms with van der Waals surface area (Å²) in [5.41, 5.74) is -2.41. The van der Waals surface area contributed by atoms with Gasteiger partial charge in [-0.05, 0) is 89.8 Å².